The number of halogens is 3. The zero-order chi connectivity index (χ0) is 14.5. The van der Waals surface area contributed by atoms with Gasteiger partial charge in [0, 0.05) is 26.7 Å². The van der Waals surface area contributed by atoms with E-state index in [1.165, 1.54) is 17.8 Å². The molecule has 0 radical (unpaired) electrons. The van der Waals surface area contributed by atoms with Crippen molar-refractivity contribution >= 4 is 35.0 Å². The molecule has 1 atom stereocenters. The molecule has 0 aliphatic heterocycles. The third-order valence-electron chi connectivity index (χ3n) is 2.78. The number of nitrogens with two attached hydrogens (primary N) is 1. The quantitative estimate of drug-likeness (QED) is 0.798. The van der Waals surface area contributed by atoms with Crippen LogP contribution in [0, 0.1) is 5.82 Å². The molecule has 2 N–H and O–H groups in total. The molecular formula is C15H14Cl2FNS. The number of rotatable bonds is 5. The average molecular weight is 330 g/mol. The van der Waals surface area contributed by atoms with E-state index in [1.807, 2.05) is 12.1 Å². The molecule has 0 aromatic heterocycles. The van der Waals surface area contributed by atoms with Gasteiger partial charge in [0.05, 0.1) is 0 Å². The van der Waals surface area contributed by atoms with E-state index in [2.05, 4.69) is 0 Å². The summed E-state index contributed by atoms with van der Waals surface area (Å²) in [5.74, 6) is 0.398. The number of benzene rings is 2. The molecule has 0 amide bonds. The van der Waals surface area contributed by atoms with Crippen molar-refractivity contribution in [2.75, 3.05) is 5.75 Å². The van der Waals surface area contributed by atoms with Gasteiger partial charge < -0.3 is 5.73 Å². The minimum absolute atomic E-state index is 0.115. The van der Waals surface area contributed by atoms with Gasteiger partial charge in [-0.05, 0) is 42.3 Å². The highest BCUT2D eigenvalue weighted by Gasteiger charge is 2.10. The van der Waals surface area contributed by atoms with Crippen molar-refractivity contribution in [3.8, 4) is 0 Å². The first-order valence-corrected chi connectivity index (χ1v) is 7.87. The third kappa shape index (κ3) is 4.38. The van der Waals surface area contributed by atoms with Crippen LogP contribution in [0.4, 0.5) is 4.39 Å². The van der Waals surface area contributed by atoms with Gasteiger partial charge in [-0.3, -0.25) is 0 Å². The second kappa shape index (κ2) is 7.32. The van der Waals surface area contributed by atoms with E-state index in [-0.39, 0.29) is 11.9 Å². The Bertz CT molecular complexity index is 592. The van der Waals surface area contributed by atoms with E-state index in [1.54, 1.807) is 24.3 Å². The first-order valence-electron chi connectivity index (χ1n) is 6.13. The fourth-order valence-corrected chi connectivity index (χ4v) is 3.08. The molecule has 0 saturated carbocycles. The lowest BCUT2D eigenvalue weighted by atomic mass is 10.1. The van der Waals surface area contributed by atoms with E-state index < -0.39 is 0 Å². The summed E-state index contributed by atoms with van der Waals surface area (Å²) in [5, 5.41) is 1.29. The highest BCUT2D eigenvalue weighted by Crippen LogP contribution is 2.25. The van der Waals surface area contributed by atoms with Crippen LogP contribution in [0.2, 0.25) is 10.0 Å². The summed E-state index contributed by atoms with van der Waals surface area (Å²) < 4.78 is 13.5. The Morgan fingerprint density at radius 2 is 1.90 bits per heavy atom. The Morgan fingerprint density at radius 3 is 2.65 bits per heavy atom. The molecule has 0 heterocycles. The van der Waals surface area contributed by atoms with Crippen LogP contribution in [0.3, 0.4) is 0 Å². The zero-order valence-electron chi connectivity index (χ0n) is 10.7. The van der Waals surface area contributed by atoms with Gasteiger partial charge in [-0.2, -0.15) is 0 Å². The van der Waals surface area contributed by atoms with Crippen LogP contribution >= 0.6 is 35.0 Å². The van der Waals surface area contributed by atoms with E-state index in [0.29, 0.717) is 27.1 Å². The van der Waals surface area contributed by atoms with Gasteiger partial charge >= 0.3 is 0 Å². The summed E-state index contributed by atoms with van der Waals surface area (Å²) in [6.07, 6.45) is 0.612. The van der Waals surface area contributed by atoms with Crippen molar-refractivity contribution in [3.05, 3.63) is 63.9 Å². The second-order valence-electron chi connectivity index (χ2n) is 4.44. The van der Waals surface area contributed by atoms with Crippen molar-refractivity contribution < 1.29 is 4.39 Å². The summed E-state index contributed by atoms with van der Waals surface area (Å²) in [6.45, 7) is 0. The van der Waals surface area contributed by atoms with Gasteiger partial charge in [-0.1, -0.05) is 35.3 Å². The smallest absolute Gasteiger partial charge is 0.136 e. The molecule has 0 aliphatic carbocycles. The summed E-state index contributed by atoms with van der Waals surface area (Å²) in [5.41, 5.74) is 6.99. The number of thioether (sulfide) groups is 1. The molecule has 1 nitrogen and oxygen atoms in total. The SMILES string of the molecule is NC(CSc1ccccc1F)Cc1cc(Cl)ccc1Cl. The maximum Gasteiger partial charge on any atom is 0.136 e. The fourth-order valence-electron chi connectivity index (χ4n) is 1.80. The molecule has 0 spiro atoms. The average Bonchev–Trinajstić information content (AvgIpc) is 2.42. The molecular weight excluding hydrogens is 316 g/mol. The predicted octanol–water partition coefficient (Wildman–Crippen LogP) is 4.79. The van der Waals surface area contributed by atoms with Crippen LogP contribution in [0.15, 0.2) is 47.4 Å². The van der Waals surface area contributed by atoms with Gasteiger partial charge in [-0.15, -0.1) is 11.8 Å². The molecule has 0 fully saturated rings. The Labute approximate surface area is 132 Å². The largest absolute Gasteiger partial charge is 0.327 e. The van der Waals surface area contributed by atoms with Crippen LogP contribution in [0.25, 0.3) is 0 Å². The van der Waals surface area contributed by atoms with Crippen molar-refractivity contribution in [1.29, 1.82) is 0 Å². The zero-order valence-corrected chi connectivity index (χ0v) is 13.0. The Hall–Kier alpha value is -0.740. The minimum atomic E-state index is -0.217. The van der Waals surface area contributed by atoms with Crippen molar-refractivity contribution in [3.63, 3.8) is 0 Å². The predicted molar refractivity (Wildman–Crippen MR) is 85.3 cm³/mol. The maximum atomic E-state index is 13.5. The summed E-state index contributed by atoms with van der Waals surface area (Å²) in [6, 6.07) is 11.9. The van der Waals surface area contributed by atoms with Crippen LogP contribution in [0.1, 0.15) is 5.56 Å². The number of hydrogen-bond acceptors (Lipinski definition) is 2. The number of hydrogen-bond donors (Lipinski definition) is 1. The Morgan fingerprint density at radius 1 is 1.15 bits per heavy atom. The van der Waals surface area contributed by atoms with Gasteiger partial charge in [-0.25, -0.2) is 4.39 Å². The van der Waals surface area contributed by atoms with Crippen LogP contribution in [-0.2, 0) is 6.42 Å². The molecule has 2 aromatic carbocycles. The molecule has 2 aromatic rings. The Balaban J connectivity index is 1.94. The van der Waals surface area contributed by atoms with E-state index >= 15 is 0 Å². The first kappa shape index (κ1) is 15.6. The second-order valence-corrected chi connectivity index (χ2v) is 6.35. The van der Waals surface area contributed by atoms with E-state index in [9.17, 15) is 4.39 Å². The summed E-state index contributed by atoms with van der Waals surface area (Å²) in [7, 11) is 0. The van der Waals surface area contributed by atoms with Gasteiger partial charge in [0.2, 0.25) is 0 Å². The van der Waals surface area contributed by atoms with Crippen molar-refractivity contribution in [1.82, 2.24) is 0 Å². The fraction of sp³-hybridized carbons (Fsp3) is 0.200. The summed E-state index contributed by atoms with van der Waals surface area (Å²) in [4.78, 5) is 0.611. The monoisotopic (exact) mass is 329 g/mol. The molecule has 2 rings (SSSR count). The highest BCUT2D eigenvalue weighted by atomic mass is 35.5. The lowest BCUT2D eigenvalue weighted by Gasteiger charge is -2.13. The lowest BCUT2D eigenvalue weighted by Crippen LogP contribution is -2.25. The van der Waals surface area contributed by atoms with Crippen molar-refractivity contribution in [2.24, 2.45) is 5.73 Å². The van der Waals surface area contributed by atoms with Gasteiger partial charge in [0.15, 0.2) is 0 Å². The van der Waals surface area contributed by atoms with Crippen LogP contribution in [0.5, 0.6) is 0 Å². The minimum Gasteiger partial charge on any atom is -0.327 e. The first-order chi connectivity index (χ1) is 9.56. The van der Waals surface area contributed by atoms with Gasteiger partial charge in [0.25, 0.3) is 0 Å². The van der Waals surface area contributed by atoms with E-state index in [0.717, 1.165) is 5.56 Å². The molecule has 20 heavy (non-hydrogen) atoms. The maximum absolute atomic E-state index is 13.5. The highest BCUT2D eigenvalue weighted by molar-refractivity contribution is 7.99. The molecule has 106 valence electrons. The third-order valence-corrected chi connectivity index (χ3v) is 4.62. The van der Waals surface area contributed by atoms with Crippen LogP contribution < -0.4 is 5.73 Å². The van der Waals surface area contributed by atoms with Crippen molar-refractivity contribution in [2.45, 2.75) is 17.4 Å². The molecule has 0 saturated heterocycles. The normalized spacial score (nSPS) is 12.4. The molecule has 1 unspecified atom stereocenters. The summed E-state index contributed by atoms with van der Waals surface area (Å²) >= 11 is 13.4. The Kier molecular flexibility index (Phi) is 5.73. The van der Waals surface area contributed by atoms with E-state index in [4.69, 9.17) is 28.9 Å². The van der Waals surface area contributed by atoms with Crippen LogP contribution in [-0.4, -0.2) is 11.8 Å². The molecule has 5 heteroatoms. The standard InChI is InChI=1S/C15H14Cl2FNS/c16-11-5-6-13(17)10(7-11)8-12(19)9-20-15-4-2-1-3-14(15)18/h1-7,12H,8-9,19H2. The van der Waals surface area contributed by atoms with Gasteiger partial charge in [0.1, 0.15) is 5.82 Å². The lowest BCUT2D eigenvalue weighted by molar-refractivity contribution is 0.601. The topological polar surface area (TPSA) is 26.0 Å². The molecule has 0 bridgehead atoms. The molecule has 0 aliphatic rings.